The summed E-state index contributed by atoms with van der Waals surface area (Å²) in [5, 5.41) is 26.8. The van der Waals surface area contributed by atoms with Crippen molar-refractivity contribution in [2.24, 2.45) is 5.73 Å². The molecule has 224 valence electrons. The van der Waals surface area contributed by atoms with Crippen molar-refractivity contribution in [2.75, 3.05) is 44.8 Å². The van der Waals surface area contributed by atoms with Crippen LogP contribution in [0.1, 0.15) is 39.1 Å². The fourth-order valence-corrected chi connectivity index (χ4v) is 4.66. The number of hydrogen-bond donors (Lipinski definition) is 6. The van der Waals surface area contributed by atoms with Crippen LogP contribution in [0.4, 0.5) is 5.69 Å². The predicted molar refractivity (Wildman–Crippen MR) is 148 cm³/mol. The number of anilines is 1. The predicted octanol–water partition coefficient (Wildman–Crippen LogP) is -0.370. The van der Waals surface area contributed by atoms with Gasteiger partial charge in [0.2, 0.25) is 17.7 Å². The Morgan fingerprint density at radius 1 is 1.00 bits per heavy atom. The smallest absolute Gasteiger partial charge is 0.264 e. The summed E-state index contributed by atoms with van der Waals surface area (Å²) in [5.41, 5.74) is 7.32. The molecule has 4 rings (SSSR count). The van der Waals surface area contributed by atoms with Crippen LogP contribution in [0.3, 0.4) is 0 Å². The monoisotopic (exact) mass is 583 g/mol. The topological polar surface area (TPSA) is 210 Å². The zero-order chi connectivity index (χ0) is 30.2. The lowest BCUT2D eigenvalue weighted by atomic mass is 10.0. The van der Waals surface area contributed by atoms with Gasteiger partial charge in [-0.25, -0.2) is 0 Å². The summed E-state index contributed by atoms with van der Waals surface area (Å²) >= 11 is 0. The molecule has 2 aromatic rings. The summed E-state index contributed by atoms with van der Waals surface area (Å²) < 4.78 is 11.0. The number of hydrogen-bond acceptors (Lipinski definition) is 11. The van der Waals surface area contributed by atoms with Crippen molar-refractivity contribution in [2.45, 2.75) is 31.3 Å². The Morgan fingerprint density at radius 2 is 1.74 bits per heavy atom. The Labute approximate surface area is 241 Å². The number of ether oxygens (including phenoxy) is 2. The van der Waals surface area contributed by atoms with Gasteiger partial charge in [0.25, 0.3) is 11.8 Å². The van der Waals surface area contributed by atoms with Gasteiger partial charge in [-0.2, -0.15) is 0 Å². The molecule has 1 fully saturated rings. The first-order valence-electron chi connectivity index (χ1n) is 13.5. The summed E-state index contributed by atoms with van der Waals surface area (Å²) in [5.74, 6) is -3.15. The molecule has 1 saturated heterocycles. The summed E-state index contributed by atoms with van der Waals surface area (Å²) in [6.45, 7) is 1.68. The number of amides is 5. The highest BCUT2D eigenvalue weighted by atomic mass is 16.5. The quantitative estimate of drug-likeness (QED) is 0.0960. The minimum Gasteiger partial charge on any atom is -0.504 e. The van der Waals surface area contributed by atoms with Crippen LogP contribution in [0.15, 0.2) is 36.4 Å². The molecule has 0 saturated carbocycles. The average molecular weight is 584 g/mol. The van der Waals surface area contributed by atoms with E-state index in [1.165, 1.54) is 18.2 Å². The van der Waals surface area contributed by atoms with Crippen molar-refractivity contribution < 1.29 is 43.7 Å². The van der Waals surface area contributed by atoms with E-state index >= 15 is 0 Å². The fourth-order valence-electron chi connectivity index (χ4n) is 4.66. The molecule has 0 bridgehead atoms. The van der Waals surface area contributed by atoms with E-state index < -0.39 is 35.7 Å². The van der Waals surface area contributed by atoms with Crippen LogP contribution in [0.25, 0.3) is 0 Å². The van der Waals surface area contributed by atoms with Gasteiger partial charge in [0.15, 0.2) is 11.5 Å². The Balaban J connectivity index is 1.11. The zero-order valence-electron chi connectivity index (χ0n) is 22.8. The number of benzene rings is 2. The number of aromatic hydroxyl groups is 2. The standard InChI is InChI=1S/C28H33N5O9/c29-18(14-16-4-6-21(34)22(35)15-16)25(37)31-9-11-42-13-12-41-10-8-30-19-3-1-2-17-24(19)28(40)33(27(17)39)20-5-7-23(36)32-26(20)38/h1-4,6,15,18,20,30,34-35H,5,7-14,29H2,(H,31,37)(H,32,36,38)/t18-,20?/m0/s1. The molecule has 0 aromatic heterocycles. The third-order valence-corrected chi connectivity index (χ3v) is 6.78. The summed E-state index contributed by atoms with van der Waals surface area (Å²) in [6, 6.07) is 7.22. The van der Waals surface area contributed by atoms with Crippen molar-refractivity contribution in [1.82, 2.24) is 15.5 Å². The lowest BCUT2D eigenvalue weighted by molar-refractivity contribution is -0.136. The second kappa shape index (κ2) is 13.9. The molecule has 14 nitrogen and oxygen atoms in total. The summed E-state index contributed by atoms with van der Waals surface area (Å²) in [7, 11) is 0. The summed E-state index contributed by atoms with van der Waals surface area (Å²) in [4.78, 5) is 62.8. The van der Waals surface area contributed by atoms with Gasteiger partial charge < -0.3 is 36.1 Å². The van der Waals surface area contributed by atoms with E-state index in [9.17, 15) is 34.2 Å². The van der Waals surface area contributed by atoms with Crippen molar-refractivity contribution in [3.05, 3.63) is 53.1 Å². The van der Waals surface area contributed by atoms with Gasteiger partial charge in [-0.1, -0.05) is 12.1 Å². The molecule has 0 aliphatic carbocycles. The van der Waals surface area contributed by atoms with Gasteiger partial charge in [-0.05, 0) is 42.7 Å². The molecule has 5 amide bonds. The van der Waals surface area contributed by atoms with Crippen LogP contribution in [0, 0.1) is 0 Å². The Hall–Kier alpha value is -4.53. The fraction of sp³-hybridized carbons (Fsp3) is 0.393. The Bertz CT molecular complexity index is 1370. The molecule has 1 unspecified atom stereocenters. The van der Waals surface area contributed by atoms with Crippen LogP contribution < -0.4 is 21.7 Å². The third kappa shape index (κ3) is 7.21. The average Bonchev–Trinajstić information content (AvgIpc) is 3.21. The van der Waals surface area contributed by atoms with E-state index in [4.69, 9.17) is 15.2 Å². The minimum absolute atomic E-state index is 0.0492. The number of carbonyl (C=O) groups excluding carboxylic acids is 5. The number of phenolic OH excluding ortho intramolecular Hbond substituents is 2. The number of nitrogens with zero attached hydrogens (tertiary/aromatic N) is 1. The molecule has 2 aliphatic rings. The number of nitrogens with one attached hydrogen (secondary N) is 3. The molecule has 0 spiro atoms. The molecule has 2 atom stereocenters. The number of fused-ring (bicyclic) bond motifs is 1. The van der Waals surface area contributed by atoms with Crippen molar-refractivity contribution >= 4 is 35.2 Å². The number of phenols is 2. The Kier molecular flexibility index (Phi) is 10.1. The van der Waals surface area contributed by atoms with Gasteiger partial charge >= 0.3 is 0 Å². The molecule has 0 radical (unpaired) electrons. The third-order valence-electron chi connectivity index (χ3n) is 6.78. The number of piperidine rings is 1. The first kappa shape index (κ1) is 30.4. The molecule has 14 heteroatoms. The lowest BCUT2D eigenvalue weighted by Gasteiger charge is -2.27. The van der Waals surface area contributed by atoms with Crippen LogP contribution >= 0.6 is 0 Å². The maximum absolute atomic E-state index is 13.1. The molecular weight excluding hydrogens is 550 g/mol. The highest BCUT2D eigenvalue weighted by molar-refractivity contribution is 6.25. The van der Waals surface area contributed by atoms with Crippen LogP contribution in [0.5, 0.6) is 11.5 Å². The second-order valence-corrected chi connectivity index (χ2v) is 9.75. The molecule has 7 N–H and O–H groups in total. The number of nitrogens with two attached hydrogens (primary N) is 1. The largest absolute Gasteiger partial charge is 0.504 e. The summed E-state index contributed by atoms with van der Waals surface area (Å²) in [6.07, 6.45) is 0.326. The number of rotatable bonds is 14. The van der Waals surface area contributed by atoms with Crippen molar-refractivity contribution in [1.29, 1.82) is 0 Å². The molecular formula is C28H33N5O9. The van der Waals surface area contributed by atoms with Gasteiger partial charge in [-0.15, -0.1) is 0 Å². The minimum atomic E-state index is -1.03. The lowest BCUT2D eigenvalue weighted by Crippen LogP contribution is -2.54. The Morgan fingerprint density at radius 3 is 2.45 bits per heavy atom. The molecule has 2 heterocycles. The maximum Gasteiger partial charge on any atom is 0.264 e. The van der Waals surface area contributed by atoms with E-state index in [1.54, 1.807) is 18.2 Å². The van der Waals surface area contributed by atoms with E-state index in [-0.39, 0.29) is 80.8 Å². The van der Waals surface area contributed by atoms with Gasteiger partial charge in [0, 0.05) is 25.2 Å². The van der Waals surface area contributed by atoms with Crippen LogP contribution in [-0.4, -0.2) is 96.2 Å². The van der Waals surface area contributed by atoms with E-state index in [0.29, 0.717) is 17.8 Å². The number of imide groups is 2. The normalized spacial score (nSPS) is 17.2. The van der Waals surface area contributed by atoms with E-state index in [2.05, 4.69) is 16.0 Å². The number of carbonyl (C=O) groups is 5. The van der Waals surface area contributed by atoms with Gasteiger partial charge in [0.1, 0.15) is 6.04 Å². The molecule has 42 heavy (non-hydrogen) atoms. The van der Waals surface area contributed by atoms with Crippen LogP contribution in [-0.2, 0) is 30.3 Å². The van der Waals surface area contributed by atoms with Gasteiger partial charge in [0.05, 0.1) is 43.6 Å². The van der Waals surface area contributed by atoms with Crippen molar-refractivity contribution in [3.8, 4) is 11.5 Å². The van der Waals surface area contributed by atoms with E-state index in [1.807, 2.05) is 0 Å². The highest BCUT2D eigenvalue weighted by Crippen LogP contribution is 2.32. The SMILES string of the molecule is N[C@@H](Cc1ccc(O)c(O)c1)C(=O)NCCOCCOCCNc1cccc2c1C(=O)N(C1CCC(=O)NC1=O)C2=O. The zero-order valence-corrected chi connectivity index (χ0v) is 22.8. The van der Waals surface area contributed by atoms with Crippen molar-refractivity contribution in [3.63, 3.8) is 0 Å². The molecule has 2 aliphatic heterocycles. The first-order chi connectivity index (χ1) is 20.2. The first-order valence-corrected chi connectivity index (χ1v) is 13.5. The van der Waals surface area contributed by atoms with Crippen LogP contribution in [0.2, 0.25) is 0 Å². The highest BCUT2D eigenvalue weighted by Gasteiger charge is 2.45. The second-order valence-electron chi connectivity index (χ2n) is 9.75. The molecule has 2 aromatic carbocycles. The maximum atomic E-state index is 13.1. The van der Waals surface area contributed by atoms with E-state index in [0.717, 1.165) is 4.90 Å². The van der Waals surface area contributed by atoms with Gasteiger partial charge in [-0.3, -0.25) is 34.2 Å².